The lowest BCUT2D eigenvalue weighted by Gasteiger charge is -2.18. The Bertz CT molecular complexity index is 460. The van der Waals surface area contributed by atoms with Gasteiger partial charge in [-0.15, -0.1) is 0 Å². The molecule has 0 spiro atoms. The lowest BCUT2D eigenvalue weighted by Crippen LogP contribution is -2.40. The molecule has 20 heavy (non-hydrogen) atoms. The molecule has 0 amide bonds. The number of benzene rings is 1. The van der Waals surface area contributed by atoms with Crippen LogP contribution in [0.25, 0.3) is 0 Å². The van der Waals surface area contributed by atoms with Crippen molar-refractivity contribution in [3.63, 3.8) is 0 Å². The van der Waals surface area contributed by atoms with Crippen molar-refractivity contribution in [2.24, 2.45) is 5.92 Å². The van der Waals surface area contributed by atoms with Crippen molar-refractivity contribution in [1.82, 2.24) is 5.32 Å². The van der Waals surface area contributed by atoms with Crippen LogP contribution >= 0.6 is 15.9 Å². The maximum Gasteiger partial charge on any atom is 0.320 e. The van der Waals surface area contributed by atoms with Crippen LogP contribution in [0.15, 0.2) is 22.7 Å². The van der Waals surface area contributed by atoms with Crippen LogP contribution in [0.4, 0.5) is 0 Å². The van der Waals surface area contributed by atoms with Gasteiger partial charge in [0.15, 0.2) is 0 Å². The number of carboxylic acids is 1. The lowest BCUT2D eigenvalue weighted by molar-refractivity contribution is -0.140. The summed E-state index contributed by atoms with van der Waals surface area (Å²) in [5.41, 5.74) is 1.01. The van der Waals surface area contributed by atoms with Gasteiger partial charge in [-0.2, -0.15) is 0 Å². The van der Waals surface area contributed by atoms with E-state index >= 15 is 0 Å². The van der Waals surface area contributed by atoms with E-state index in [1.807, 2.05) is 45.9 Å². The van der Waals surface area contributed by atoms with E-state index < -0.39 is 12.0 Å². The highest BCUT2D eigenvalue weighted by Crippen LogP contribution is 2.27. The molecular formula is C15H22BrNO3. The zero-order valence-corrected chi connectivity index (χ0v) is 13.9. The van der Waals surface area contributed by atoms with Crippen LogP contribution < -0.4 is 10.1 Å². The number of hydrogen-bond donors (Lipinski definition) is 2. The molecule has 1 unspecified atom stereocenters. The van der Waals surface area contributed by atoms with Crippen molar-refractivity contribution in [1.29, 1.82) is 0 Å². The number of halogens is 1. The van der Waals surface area contributed by atoms with Crippen LogP contribution in [-0.4, -0.2) is 23.2 Å². The molecule has 0 aromatic heterocycles. The number of carboxylic acid groups (broad SMARTS) is 1. The van der Waals surface area contributed by atoms with Crippen LogP contribution in [-0.2, 0) is 11.3 Å². The van der Waals surface area contributed by atoms with Crippen molar-refractivity contribution in [3.8, 4) is 5.75 Å². The highest BCUT2D eigenvalue weighted by atomic mass is 79.9. The molecule has 0 saturated heterocycles. The van der Waals surface area contributed by atoms with Crippen molar-refractivity contribution in [2.75, 3.05) is 0 Å². The van der Waals surface area contributed by atoms with Crippen molar-refractivity contribution < 1.29 is 14.6 Å². The molecule has 4 nitrogen and oxygen atoms in total. The molecule has 1 rings (SSSR count). The Kier molecular flexibility index (Phi) is 6.49. The molecule has 0 saturated carbocycles. The van der Waals surface area contributed by atoms with E-state index in [2.05, 4.69) is 21.2 Å². The van der Waals surface area contributed by atoms with Gasteiger partial charge in [0.25, 0.3) is 0 Å². The van der Waals surface area contributed by atoms with Gasteiger partial charge in [0.2, 0.25) is 0 Å². The molecule has 112 valence electrons. The van der Waals surface area contributed by atoms with Crippen LogP contribution in [0.3, 0.4) is 0 Å². The Morgan fingerprint density at radius 2 is 2.00 bits per heavy atom. The predicted octanol–water partition coefficient (Wildman–Crippen LogP) is 3.44. The van der Waals surface area contributed by atoms with Gasteiger partial charge < -0.3 is 15.2 Å². The number of nitrogens with one attached hydrogen (secondary N) is 1. The summed E-state index contributed by atoms with van der Waals surface area (Å²) in [5, 5.41) is 12.2. The molecule has 1 aromatic rings. The fraction of sp³-hybridized carbons (Fsp3) is 0.533. The summed E-state index contributed by atoms with van der Waals surface area (Å²) < 4.78 is 6.52. The monoisotopic (exact) mass is 343 g/mol. The van der Waals surface area contributed by atoms with E-state index in [1.54, 1.807) is 0 Å². The SMILES string of the molecule is CC(C)Oc1ccc(CNC(C(=O)O)C(C)C)cc1Br. The summed E-state index contributed by atoms with van der Waals surface area (Å²) in [5.74, 6) is 0.0145. The second kappa shape index (κ2) is 7.64. The average Bonchev–Trinajstić information content (AvgIpc) is 2.31. The molecule has 1 atom stereocenters. The maximum absolute atomic E-state index is 11.1. The van der Waals surface area contributed by atoms with E-state index in [-0.39, 0.29) is 12.0 Å². The maximum atomic E-state index is 11.1. The quantitative estimate of drug-likeness (QED) is 0.796. The highest BCUT2D eigenvalue weighted by Gasteiger charge is 2.20. The van der Waals surface area contributed by atoms with Crippen molar-refractivity contribution in [2.45, 2.75) is 46.4 Å². The normalized spacial score (nSPS) is 12.8. The average molecular weight is 344 g/mol. The fourth-order valence-corrected chi connectivity index (χ4v) is 2.36. The Morgan fingerprint density at radius 1 is 1.35 bits per heavy atom. The fourth-order valence-electron chi connectivity index (χ4n) is 1.84. The first-order valence-corrected chi connectivity index (χ1v) is 7.51. The Balaban J connectivity index is 2.69. The first-order chi connectivity index (χ1) is 9.31. The molecule has 1 aromatic carbocycles. The standard InChI is InChI=1S/C15H22BrNO3/c1-9(2)14(15(18)19)17-8-11-5-6-13(12(16)7-11)20-10(3)4/h5-7,9-10,14,17H,8H2,1-4H3,(H,18,19). The minimum absolute atomic E-state index is 0.0412. The Labute approximate surface area is 128 Å². The Hall–Kier alpha value is -1.07. The van der Waals surface area contributed by atoms with Gasteiger partial charge in [0, 0.05) is 6.54 Å². The third-order valence-electron chi connectivity index (χ3n) is 2.82. The van der Waals surface area contributed by atoms with E-state index in [9.17, 15) is 4.79 Å². The smallest absolute Gasteiger partial charge is 0.320 e. The molecule has 0 radical (unpaired) electrons. The van der Waals surface area contributed by atoms with Gasteiger partial charge in [0.05, 0.1) is 10.6 Å². The van der Waals surface area contributed by atoms with Crippen LogP contribution in [0, 0.1) is 5.92 Å². The second-order valence-electron chi connectivity index (χ2n) is 5.37. The molecular weight excluding hydrogens is 322 g/mol. The van der Waals surface area contributed by atoms with Gasteiger partial charge in [-0.1, -0.05) is 19.9 Å². The van der Waals surface area contributed by atoms with Crippen molar-refractivity contribution >= 4 is 21.9 Å². The first-order valence-electron chi connectivity index (χ1n) is 6.72. The van der Waals surface area contributed by atoms with Crippen LogP contribution in [0.2, 0.25) is 0 Å². The summed E-state index contributed by atoms with van der Waals surface area (Å²) in [4.78, 5) is 11.1. The third kappa shape index (κ3) is 5.13. The van der Waals surface area contributed by atoms with E-state index in [4.69, 9.17) is 9.84 Å². The lowest BCUT2D eigenvalue weighted by atomic mass is 10.0. The summed E-state index contributed by atoms with van der Waals surface area (Å²) in [6.07, 6.45) is 0.118. The highest BCUT2D eigenvalue weighted by molar-refractivity contribution is 9.10. The summed E-state index contributed by atoms with van der Waals surface area (Å²) >= 11 is 3.47. The molecule has 5 heteroatoms. The summed E-state index contributed by atoms with van der Waals surface area (Å²) in [6, 6.07) is 5.24. The largest absolute Gasteiger partial charge is 0.490 e. The topological polar surface area (TPSA) is 58.6 Å². The number of ether oxygens (including phenoxy) is 1. The minimum Gasteiger partial charge on any atom is -0.490 e. The third-order valence-corrected chi connectivity index (χ3v) is 3.44. The van der Waals surface area contributed by atoms with Crippen LogP contribution in [0.5, 0.6) is 5.75 Å². The van der Waals surface area contributed by atoms with Gasteiger partial charge >= 0.3 is 5.97 Å². The second-order valence-corrected chi connectivity index (χ2v) is 6.23. The van der Waals surface area contributed by atoms with E-state index in [0.717, 1.165) is 15.8 Å². The zero-order chi connectivity index (χ0) is 15.3. The predicted molar refractivity (Wildman–Crippen MR) is 83.0 cm³/mol. The summed E-state index contributed by atoms with van der Waals surface area (Å²) in [6.45, 7) is 8.24. The van der Waals surface area contributed by atoms with Gasteiger partial charge in [-0.3, -0.25) is 4.79 Å². The minimum atomic E-state index is -0.821. The zero-order valence-electron chi connectivity index (χ0n) is 12.3. The molecule has 0 fully saturated rings. The molecule has 0 aliphatic heterocycles. The number of hydrogen-bond acceptors (Lipinski definition) is 3. The van der Waals surface area contributed by atoms with E-state index in [1.165, 1.54) is 0 Å². The number of carbonyl (C=O) groups is 1. The summed E-state index contributed by atoms with van der Waals surface area (Å²) in [7, 11) is 0. The first kappa shape index (κ1) is 17.0. The van der Waals surface area contributed by atoms with Gasteiger partial charge in [0.1, 0.15) is 11.8 Å². The van der Waals surface area contributed by atoms with Crippen LogP contribution in [0.1, 0.15) is 33.3 Å². The molecule has 0 bridgehead atoms. The van der Waals surface area contributed by atoms with E-state index in [0.29, 0.717) is 6.54 Å². The molecule has 2 N–H and O–H groups in total. The molecule has 0 aliphatic rings. The molecule has 0 heterocycles. The van der Waals surface area contributed by atoms with Gasteiger partial charge in [-0.05, 0) is 53.4 Å². The van der Waals surface area contributed by atoms with Crippen molar-refractivity contribution in [3.05, 3.63) is 28.2 Å². The number of aliphatic carboxylic acids is 1. The molecule has 0 aliphatic carbocycles. The van der Waals surface area contributed by atoms with Gasteiger partial charge in [-0.25, -0.2) is 0 Å². The number of rotatable bonds is 7. The Morgan fingerprint density at radius 3 is 2.45 bits per heavy atom.